The van der Waals surface area contributed by atoms with E-state index in [0.29, 0.717) is 25.3 Å². The third-order valence-corrected chi connectivity index (χ3v) is 0.941. The predicted octanol–water partition coefficient (Wildman–Crippen LogP) is 0.629. The van der Waals surface area contributed by atoms with Crippen LogP contribution in [0.5, 0.6) is 0 Å². The van der Waals surface area contributed by atoms with Gasteiger partial charge in [-0.25, -0.2) is 0 Å². The molecule has 0 bridgehead atoms. The van der Waals surface area contributed by atoms with Crippen LogP contribution in [0.25, 0.3) is 0 Å². The number of ether oxygens (including phenoxy) is 1. The molecule has 0 radical (unpaired) electrons. The van der Waals surface area contributed by atoms with Gasteiger partial charge in [0.2, 0.25) is 0 Å². The van der Waals surface area contributed by atoms with Gasteiger partial charge in [-0.05, 0) is 0 Å². The first-order valence-corrected chi connectivity index (χ1v) is 2.75. The molecule has 0 spiro atoms. The second-order valence-corrected chi connectivity index (χ2v) is 1.60. The number of carbonyl (C=O) groups excluding carboxylic acids is 1. The highest BCUT2D eigenvalue weighted by molar-refractivity contribution is 5.85. The zero-order valence-corrected chi connectivity index (χ0v) is 7.64. The molecular weight excluding hydrogens is 207 g/mol. The normalized spacial score (nSPS) is 7.67. The molecule has 0 aromatic carbocycles. The van der Waals surface area contributed by atoms with Gasteiger partial charge in [-0.2, -0.15) is 0 Å². The van der Waals surface area contributed by atoms with Crippen LogP contribution in [0, 0.1) is 0 Å². The SMILES string of the molecule is Cl.Cl.O=COCCc1cnno1. The minimum atomic E-state index is 0. The van der Waals surface area contributed by atoms with Crippen molar-refractivity contribution in [2.45, 2.75) is 6.42 Å². The Morgan fingerprint density at radius 3 is 2.83 bits per heavy atom. The van der Waals surface area contributed by atoms with Crippen LogP contribution in [0.3, 0.4) is 0 Å². The zero-order valence-electron chi connectivity index (χ0n) is 6.00. The molecule has 1 rings (SSSR count). The molecule has 0 unspecified atom stereocenters. The minimum Gasteiger partial charge on any atom is -0.467 e. The quantitative estimate of drug-likeness (QED) is 0.544. The Balaban J connectivity index is 0. The molecule has 12 heavy (non-hydrogen) atoms. The Bertz CT molecular complexity index is 193. The molecule has 0 aliphatic rings. The van der Waals surface area contributed by atoms with Gasteiger partial charge in [-0.1, -0.05) is 0 Å². The molecule has 0 aliphatic heterocycles. The summed E-state index contributed by atoms with van der Waals surface area (Å²) in [6.45, 7) is 0.699. The highest BCUT2D eigenvalue weighted by atomic mass is 35.5. The minimum absolute atomic E-state index is 0. The van der Waals surface area contributed by atoms with Gasteiger partial charge in [0.25, 0.3) is 6.47 Å². The van der Waals surface area contributed by atoms with Gasteiger partial charge in [0.05, 0.1) is 12.8 Å². The molecule has 0 amide bonds. The summed E-state index contributed by atoms with van der Waals surface area (Å²) in [5, 5.41) is 6.67. The van der Waals surface area contributed by atoms with Crippen molar-refractivity contribution in [1.82, 2.24) is 10.4 Å². The maximum atomic E-state index is 9.65. The Hall–Kier alpha value is -0.810. The van der Waals surface area contributed by atoms with E-state index in [1.54, 1.807) is 0 Å². The van der Waals surface area contributed by atoms with Crippen molar-refractivity contribution in [2.75, 3.05) is 6.61 Å². The molecule has 0 saturated carbocycles. The molecule has 0 atom stereocenters. The van der Waals surface area contributed by atoms with Crippen LogP contribution in [0.15, 0.2) is 10.7 Å². The van der Waals surface area contributed by atoms with Crippen LogP contribution in [-0.2, 0) is 16.0 Å². The van der Waals surface area contributed by atoms with Crippen molar-refractivity contribution < 1.29 is 14.1 Å². The van der Waals surface area contributed by atoms with E-state index in [9.17, 15) is 4.79 Å². The molecule has 0 saturated heterocycles. The molecule has 5 nitrogen and oxygen atoms in total. The first-order valence-electron chi connectivity index (χ1n) is 2.75. The molecule has 70 valence electrons. The van der Waals surface area contributed by atoms with Crippen molar-refractivity contribution in [3.05, 3.63) is 12.0 Å². The summed E-state index contributed by atoms with van der Waals surface area (Å²) in [7, 11) is 0. The first-order chi connectivity index (χ1) is 4.93. The summed E-state index contributed by atoms with van der Waals surface area (Å²) >= 11 is 0. The number of nitrogens with zero attached hydrogens (tertiary/aromatic N) is 2. The average Bonchev–Trinajstić information content (AvgIpc) is 2.41. The standard InChI is InChI=1S/C5H6N2O3.2ClH/c8-4-9-2-1-5-3-6-7-10-5;;/h3-4H,1-2H2;2*1H. The van der Waals surface area contributed by atoms with Crippen LogP contribution in [0.4, 0.5) is 0 Å². The Morgan fingerprint density at radius 2 is 2.33 bits per heavy atom. The van der Waals surface area contributed by atoms with E-state index >= 15 is 0 Å². The molecule has 1 aromatic rings. The van der Waals surface area contributed by atoms with Gasteiger partial charge in [-0.15, -0.1) is 29.9 Å². The summed E-state index contributed by atoms with van der Waals surface area (Å²) < 4.78 is 9.03. The summed E-state index contributed by atoms with van der Waals surface area (Å²) in [6.07, 6.45) is 2.00. The molecule has 0 N–H and O–H groups in total. The third kappa shape index (κ3) is 4.92. The van der Waals surface area contributed by atoms with Crippen LogP contribution < -0.4 is 0 Å². The van der Waals surface area contributed by atoms with E-state index in [1.807, 2.05) is 0 Å². The molecular formula is C5H8Cl2N2O3. The molecule has 0 fully saturated rings. The Morgan fingerprint density at radius 1 is 1.58 bits per heavy atom. The fourth-order valence-corrected chi connectivity index (χ4v) is 0.505. The first kappa shape index (κ1) is 13.8. The lowest BCUT2D eigenvalue weighted by Gasteiger charge is -1.91. The van der Waals surface area contributed by atoms with E-state index in [4.69, 9.17) is 0 Å². The molecule has 1 aromatic heterocycles. The lowest BCUT2D eigenvalue weighted by Crippen LogP contribution is -1.94. The number of halogens is 2. The fraction of sp³-hybridized carbons (Fsp3) is 0.400. The van der Waals surface area contributed by atoms with Crippen molar-refractivity contribution in [3.8, 4) is 0 Å². The summed E-state index contributed by atoms with van der Waals surface area (Å²) in [4.78, 5) is 9.65. The molecule has 7 heteroatoms. The summed E-state index contributed by atoms with van der Waals surface area (Å²) in [6, 6.07) is 0. The van der Waals surface area contributed by atoms with Gasteiger partial charge in [-0.3, -0.25) is 4.79 Å². The monoisotopic (exact) mass is 214 g/mol. The Kier molecular flexibility index (Phi) is 9.50. The zero-order chi connectivity index (χ0) is 7.23. The van der Waals surface area contributed by atoms with Gasteiger partial charge >= 0.3 is 0 Å². The smallest absolute Gasteiger partial charge is 0.293 e. The maximum Gasteiger partial charge on any atom is 0.293 e. The molecule has 0 aliphatic carbocycles. The van der Waals surface area contributed by atoms with E-state index in [0.717, 1.165) is 0 Å². The van der Waals surface area contributed by atoms with E-state index < -0.39 is 0 Å². The number of hydrogen-bond donors (Lipinski definition) is 0. The van der Waals surface area contributed by atoms with Crippen molar-refractivity contribution in [3.63, 3.8) is 0 Å². The van der Waals surface area contributed by atoms with Gasteiger partial charge in [0.1, 0.15) is 0 Å². The maximum absolute atomic E-state index is 9.65. The number of carbonyl (C=O) groups is 1. The van der Waals surface area contributed by atoms with Gasteiger partial charge in [0.15, 0.2) is 5.76 Å². The average molecular weight is 215 g/mol. The largest absolute Gasteiger partial charge is 0.467 e. The second kappa shape index (κ2) is 8.29. The van der Waals surface area contributed by atoms with Crippen LogP contribution in [-0.4, -0.2) is 23.4 Å². The predicted molar refractivity (Wildman–Crippen MR) is 44.5 cm³/mol. The van der Waals surface area contributed by atoms with Gasteiger partial charge < -0.3 is 9.26 Å². The Labute approximate surface area is 81.3 Å². The topological polar surface area (TPSA) is 65.2 Å². The van der Waals surface area contributed by atoms with Crippen molar-refractivity contribution in [2.24, 2.45) is 0 Å². The number of aromatic nitrogens is 2. The second-order valence-electron chi connectivity index (χ2n) is 1.60. The van der Waals surface area contributed by atoms with Gasteiger partial charge in [0, 0.05) is 11.7 Å². The van der Waals surface area contributed by atoms with Crippen LogP contribution in [0.1, 0.15) is 5.76 Å². The lowest BCUT2D eigenvalue weighted by atomic mass is 10.4. The van der Waals surface area contributed by atoms with Crippen molar-refractivity contribution in [1.29, 1.82) is 0 Å². The highest BCUT2D eigenvalue weighted by Crippen LogP contribution is 1.93. The number of hydrogen-bond acceptors (Lipinski definition) is 5. The molecule has 1 heterocycles. The van der Waals surface area contributed by atoms with E-state index in [2.05, 4.69) is 19.6 Å². The van der Waals surface area contributed by atoms with Crippen LogP contribution in [0.2, 0.25) is 0 Å². The van der Waals surface area contributed by atoms with Crippen LogP contribution >= 0.6 is 24.8 Å². The summed E-state index contributed by atoms with van der Waals surface area (Å²) in [5.41, 5.74) is 0. The third-order valence-electron chi connectivity index (χ3n) is 0.941. The van der Waals surface area contributed by atoms with E-state index in [-0.39, 0.29) is 24.8 Å². The number of rotatable bonds is 4. The van der Waals surface area contributed by atoms with Crippen molar-refractivity contribution >= 4 is 31.3 Å². The lowest BCUT2D eigenvalue weighted by molar-refractivity contribution is -0.128. The fourth-order valence-electron chi connectivity index (χ4n) is 0.505. The highest BCUT2D eigenvalue weighted by Gasteiger charge is 1.96. The van der Waals surface area contributed by atoms with E-state index in [1.165, 1.54) is 6.20 Å². The summed E-state index contributed by atoms with van der Waals surface area (Å²) in [5.74, 6) is 0.613.